The number of anilines is 1. The Morgan fingerprint density at radius 3 is 2.60 bits per heavy atom. The molecule has 1 aromatic rings. The average Bonchev–Trinajstić information content (AvgIpc) is 2.41. The number of hydrogen-bond donors (Lipinski definition) is 3. The number of carbonyl (C=O) groups is 2. The van der Waals surface area contributed by atoms with Gasteiger partial charge in [0.25, 0.3) is 0 Å². The lowest BCUT2D eigenvalue weighted by molar-refractivity contribution is 0.250. The summed E-state index contributed by atoms with van der Waals surface area (Å²) in [7, 11) is 0. The van der Waals surface area contributed by atoms with Crippen molar-refractivity contribution < 1.29 is 9.59 Å². The number of nitrogens with zero attached hydrogens (tertiary/aromatic N) is 1. The largest absolute Gasteiger partial charge is 0.343 e. The Morgan fingerprint density at radius 1 is 1.30 bits per heavy atom. The standard InChI is InChI=1S/C13H18N4O2S/c1-4-14-11(18)16-13(20-3)17-12(19)15-10-8-6-5-7-9(10)2/h5-8H,4H2,1-3H3,(H3,14,15,16,17,18,19). The molecule has 0 saturated heterocycles. The Kier molecular flexibility index (Phi) is 6.58. The Balaban J connectivity index is 2.64. The van der Waals surface area contributed by atoms with Crippen molar-refractivity contribution in [1.29, 1.82) is 0 Å². The molecule has 0 fully saturated rings. The van der Waals surface area contributed by atoms with Crippen molar-refractivity contribution in [2.45, 2.75) is 13.8 Å². The van der Waals surface area contributed by atoms with Gasteiger partial charge in [-0.2, -0.15) is 4.99 Å². The predicted molar refractivity (Wildman–Crippen MR) is 83.4 cm³/mol. The number of amides is 4. The molecule has 4 amide bonds. The van der Waals surface area contributed by atoms with Crippen molar-refractivity contribution in [1.82, 2.24) is 10.6 Å². The van der Waals surface area contributed by atoms with E-state index in [0.717, 1.165) is 5.56 Å². The van der Waals surface area contributed by atoms with Crippen molar-refractivity contribution >= 4 is 34.7 Å². The van der Waals surface area contributed by atoms with Crippen LogP contribution in [0.25, 0.3) is 0 Å². The molecule has 0 aliphatic rings. The monoisotopic (exact) mass is 294 g/mol. The number of amidine groups is 1. The van der Waals surface area contributed by atoms with Gasteiger partial charge in [0.2, 0.25) is 0 Å². The molecule has 0 saturated carbocycles. The van der Waals surface area contributed by atoms with Crippen LogP contribution in [0.4, 0.5) is 15.3 Å². The molecule has 0 radical (unpaired) electrons. The highest BCUT2D eigenvalue weighted by Gasteiger charge is 2.08. The molecule has 0 bridgehead atoms. The summed E-state index contributed by atoms with van der Waals surface area (Å²) in [5.74, 6) is 0. The van der Waals surface area contributed by atoms with E-state index >= 15 is 0 Å². The molecule has 0 atom stereocenters. The van der Waals surface area contributed by atoms with E-state index in [0.29, 0.717) is 12.2 Å². The fourth-order valence-electron chi connectivity index (χ4n) is 1.37. The van der Waals surface area contributed by atoms with Crippen LogP contribution in [0, 0.1) is 6.92 Å². The number of benzene rings is 1. The molecule has 0 heterocycles. The third-order valence-electron chi connectivity index (χ3n) is 2.34. The molecule has 20 heavy (non-hydrogen) atoms. The van der Waals surface area contributed by atoms with E-state index in [1.165, 1.54) is 11.8 Å². The number of hydrogen-bond acceptors (Lipinski definition) is 3. The van der Waals surface area contributed by atoms with Gasteiger partial charge >= 0.3 is 12.1 Å². The zero-order chi connectivity index (χ0) is 15.0. The highest BCUT2D eigenvalue weighted by atomic mass is 32.2. The van der Waals surface area contributed by atoms with Gasteiger partial charge in [-0.05, 0) is 31.7 Å². The zero-order valence-corrected chi connectivity index (χ0v) is 12.5. The Morgan fingerprint density at radius 2 is 2.00 bits per heavy atom. The van der Waals surface area contributed by atoms with Crippen molar-refractivity contribution in [2.24, 2.45) is 4.99 Å². The number of aryl methyl sites for hydroxylation is 1. The van der Waals surface area contributed by atoms with Crippen LogP contribution in [0.15, 0.2) is 29.3 Å². The van der Waals surface area contributed by atoms with E-state index in [2.05, 4.69) is 20.9 Å². The normalized spacial score (nSPS) is 10.8. The highest BCUT2D eigenvalue weighted by Crippen LogP contribution is 2.12. The number of aliphatic imine (C=N–C) groups is 1. The third kappa shape index (κ3) is 5.31. The number of carbonyl (C=O) groups excluding carboxylic acids is 2. The molecule has 6 nitrogen and oxygen atoms in total. The number of nitrogens with one attached hydrogen (secondary N) is 3. The molecule has 3 N–H and O–H groups in total. The first kappa shape index (κ1) is 16.0. The maximum atomic E-state index is 11.8. The summed E-state index contributed by atoms with van der Waals surface area (Å²) in [5, 5.41) is 8.01. The van der Waals surface area contributed by atoms with Crippen LogP contribution in [0.3, 0.4) is 0 Å². The first-order valence-electron chi connectivity index (χ1n) is 6.11. The van der Waals surface area contributed by atoms with Gasteiger partial charge in [0.05, 0.1) is 0 Å². The number of urea groups is 2. The Hall–Kier alpha value is -2.02. The Labute approximate surface area is 122 Å². The molecule has 0 aromatic heterocycles. The maximum Gasteiger partial charge on any atom is 0.343 e. The second kappa shape index (κ2) is 8.21. The summed E-state index contributed by atoms with van der Waals surface area (Å²) in [6.45, 7) is 4.18. The summed E-state index contributed by atoms with van der Waals surface area (Å²) in [4.78, 5) is 26.9. The first-order valence-corrected chi connectivity index (χ1v) is 7.33. The van der Waals surface area contributed by atoms with Crippen molar-refractivity contribution in [3.63, 3.8) is 0 Å². The van der Waals surface area contributed by atoms with Gasteiger partial charge < -0.3 is 10.6 Å². The van der Waals surface area contributed by atoms with Gasteiger partial charge in [-0.15, -0.1) is 0 Å². The highest BCUT2D eigenvalue weighted by molar-refractivity contribution is 8.13. The van der Waals surface area contributed by atoms with Crippen molar-refractivity contribution in [2.75, 3.05) is 18.1 Å². The second-order valence-corrected chi connectivity index (χ2v) is 4.65. The molecular weight excluding hydrogens is 276 g/mol. The average molecular weight is 294 g/mol. The van der Waals surface area contributed by atoms with Crippen LogP contribution in [0.1, 0.15) is 12.5 Å². The van der Waals surface area contributed by atoms with Gasteiger partial charge in [0.15, 0.2) is 5.17 Å². The Bertz CT molecular complexity index is 517. The van der Waals surface area contributed by atoms with Crippen LogP contribution < -0.4 is 16.0 Å². The molecule has 1 aromatic carbocycles. The lowest BCUT2D eigenvalue weighted by atomic mass is 10.2. The minimum absolute atomic E-state index is 0.238. The van der Waals surface area contributed by atoms with E-state index in [1.807, 2.05) is 25.1 Å². The number of para-hydroxylation sites is 1. The van der Waals surface area contributed by atoms with Crippen LogP contribution in [-0.2, 0) is 0 Å². The lowest BCUT2D eigenvalue weighted by Crippen LogP contribution is -2.34. The molecule has 0 unspecified atom stereocenters. The summed E-state index contributed by atoms with van der Waals surface area (Å²) < 4.78 is 0. The fourth-order valence-corrected chi connectivity index (χ4v) is 1.74. The first-order chi connectivity index (χ1) is 9.56. The molecule has 7 heteroatoms. The van der Waals surface area contributed by atoms with Crippen LogP contribution in [0.2, 0.25) is 0 Å². The molecular formula is C13H18N4O2S. The molecule has 108 valence electrons. The number of rotatable bonds is 2. The smallest absolute Gasteiger partial charge is 0.336 e. The SMILES string of the molecule is CCNC(=O)N=C(NC(=O)Nc1ccccc1C)SC. The van der Waals surface area contributed by atoms with Gasteiger partial charge in [0, 0.05) is 12.2 Å². The minimum atomic E-state index is -0.479. The molecule has 0 spiro atoms. The summed E-state index contributed by atoms with van der Waals surface area (Å²) in [5.41, 5.74) is 1.66. The van der Waals surface area contributed by atoms with Crippen LogP contribution >= 0.6 is 11.8 Å². The van der Waals surface area contributed by atoms with Gasteiger partial charge in [-0.25, -0.2) is 9.59 Å². The van der Waals surface area contributed by atoms with Crippen molar-refractivity contribution in [3.8, 4) is 0 Å². The second-order valence-electron chi connectivity index (χ2n) is 3.85. The third-order valence-corrected chi connectivity index (χ3v) is 2.92. The van der Waals surface area contributed by atoms with E-state index in [-0.39, 0.29) is 5.17 Å². The van der Waals surface area contributed by atoms with E-state index < -0.39 is 12.1 Å². The quantitative estimate of drug-likeness (QED) is 0.579. The van der Waals surface area contributed by atoms with Gasteiger partial charge in [-0.1, -0.05) is 30.0 Å². The summed E-state index contributed by atoms with van der Waals surface area (Å²) in [6, 6.07) is 6.51. The maximum absolute atomic E-state index is 11.8. The van der Waals surface area contributed by atoms with Gasteiger partial charge in [-0.3, -0.25) is 5.32 Å². The van der Waals surface area contributed by atoms with Crippen LogP contribution in [0.5, 0.6) is 0 Å². The predicted octanol–water partition coefficient (Wildman–Crippen LogP) is 2.57. The molecule has 0 aliphatic heterocycles. The van der Waals surface area contributed by atoms with Gasteiger partial charge in [0.1, 0.15) is 0 Å². The minimum Gasteiger partial charge on any atom is -0.336 e. The number of thioether (sulfide) groups is 1. The van der Waals surface area contributed by atoms with Crippen LogP contribution in [-0.4, -0.2) is 30.0 Å². The molecule has 1 rings (SSSR count). The van der Waals surface area contributed by atoms with E-state index in [1.54, 1.807) is 19.2 Å². The van der Waals surface area contributed by atoms with E-state index in [9.17, 15) is 9.59 Å². The summed E-state index contributed by atoms with van der Waals surface area (Å²) >= 11 is 1.18. The molecule has 0 aliphatic carbocycles. The van der Waals surface area contributed by atoms with E-state index in [4.69, 9.17) is 0 Å². The van der Waals surface area contributed by atoms with Crippen molar-refractivity contribution in [3.05, 3.63) is 29.8 Å². The summed E-state index contributed by atoms with van der Waals surface area (Å²) in [6.07, 6.45) is 1.73. The fraction of sp³-hybridized carbons (Fsp3) is 0.308. The lowest BCUT2D eigenvalue weighted by Gasteiger charge is -2.10. The topological polar surface area (TPSA) is 82.6 Å². The zero-order valence-electron chi connectivity index (χ0n) is 11.7.